The minimum Gasteiger partial charge on any atom is -0.408 e. The molecule has 1 saturated carbocycles. The average molecular weight is 345 g/mol. The van der Waals surface area contributed by atoms with Gasteiger partial charge in [-0.25, -0.2) is 0 Å². The lowest BCUT2D eigenvalue weighted by atomic mass is 9.89. The number of anilines is 1. The molecule has 0 unspecified atom stereocenters. The quantitative estimate of drug-likeness (QED) is 0.783. The molecule has 1 N–H and O–H groups in total. The minimum absolute atomic E-state index is 0.182. The van der Waals surface area contributed by atoms with E-state index in [2.05, 4.69) is 29.4 Å². The molecule has 1 aromatic carbocycles. The first kappa shape index (κ1) is 17.0. The highest BCUT2D eigenvalue weighted by Crippen LogP contribution is 2.32. The maximum Gasteiger partial charge on any atom is 0.322 e. The van der Waals surface area contributed by atoms with Gasteiger partial charge in [-0.1, -0.05) is 38.2 Å². The summed E-state index contributed by atoms with van der Waals surface area (Å²) in [6.45, 7) is 4.29. The number of hydrogen-bond donors (Lipinski definition) is 1. The van der Waals surface area contributed by atoms with E-state index in [9.17, 15) is 4.79 Å². The molecule has 5 nitrogen and oxygen atoms in total. The van der Waals surface area contributed by atoms with Crippen LogP contribution in [0.1, 0.15) is 68.1 Å². The van der Waals surface area contributed by atoms with Crippen molar-refractivity contribution >= 4 is 23.7 Å². The number of nitrogens with one attached hydrogen (secondary N) is 1. The van der Waals surface area contributed by atoms with Crippen molar-refractivity contribution in [3.8, 4) is 0 Å². The normalized spacial score (nSPS) is 15.6. The van der Waals surface area contributed by atoms with Gasteiger partial charge in [-0.15, -0.1) is 16.9 Å². The molecule has 2 aromatic rings. The SMILES string of the molecule is CC(C)Sc1ccc(C(=O)Nc2nnc(C3CCCCC3)o2)cc1. The molecule has 1 fully saturated rings. The van der Waals surface area contributed by atoms with Crippen molar-refractivity contribution in [1.29, 1.82) is 0 Å². The fourth-order valence-electron chi connectivity index (χ4n) is 2.93. The van der Waals surface area contributed by atoms with Crippen LogP contribution >= 0.6 is 11.8 Å². The van der Waals surface area contributed by atoms with Crippen molar-refractivity contribution in [2.45, 2.75) is 62.0 Å². The zero-order chi connectivity index (χ0) is 16.9. The number of aromatic nitrogens is 2. The van der Waals surface area contributed by atoms with Gasteiger partial charge >= 0.3 is 6.01 Å². The first-order chi connectivity index (χ1) is 11.6. The number of carbonyl (C=O) groups is 1. The number of carbonyl (C=O) groups excluding carboxylic acids is 1. The molecule has 1 aliphatic rings. The van der Waals surface area contributed by atoms with Crippen molar-refractivity contribution in [3.63, 3.8) is 0 Å². The van der Waals surface area contributed by atoms with E-state index in [0.29, 0.717) is 22.6 Å². The molecule has 6 heteroatoms. The summed E-state index contributed by atoms with van der Waals surface area (Å²) < 4.78 is 5.63. The number of thioether (sulfide) groups is 1. The predicted octanol–water partition coefficient (Wildman–Crippen LogP) is 4.87. The second-order valence-electron chi connectivity index (χ2n) is 6.43. The molecule has 24 heavy (non-hydrogen) atoms. The molecular formula is C18H23N3O2S. The van der Waals surface area contributed by atoms with Crippen LogP contribution in [0.15, 0.2) is 33.6 Å². The number of nitrogens with zero attached hydrogens (tertiary/aromatic N) is 2. The summed E-state index contributed by atoms with van der Waals surface area (Å²) in [5, 5.41) is 11.3. The molecule has 0 spiro atoms. The van der Waals surface area contributed by atoms with E-state index in [1.54, 1.807) is 11.8 Å². The highest BCUT2D eigenvalue weighted by atomic mass is 32.2. The Labute approximate surface area is 146 Å². The number of benzene rings is 1. The summed E-state index contributed by atoms with van der Waals surface area (Å²) in [6, 6.07) is 7.74. The van der Waals surface area contributed by atoms with Crippen molar-refractivity contribution in [2.24, 2.45) is 0 Å². The van der Waals surface area contributed by atoms with Crippen LogP contribution in [-0.2, 0) is 0 Å². The first-order valence-electron chi connectivity index (χ1n) is 8.53. The lowest BCUT2D eigenvalue weighted by molar-refractivity contribution is 0.102. The van der Waals surface area contributed by atoms with Gasteiger partial charge in [0.1, 0.15) is 0 Å². The topological polar surface area (TPSA) is 68.0 Å². The van der Waals surface area contributed by atoms with Crippen LogP contribution in [0, 0.1) is 0 Å². The minimum atomic E-state index is -0.227. The Morgan fingerprint density at radius 2 is 1.88 bits per heavy atom. The Balaban J connectivity index is 1.61. The zero-order valence-corrected chi connectivity index (χ0v) is 14.9. The van der Waals surface area contributed by atoms with E-state index in [1.807, 2.05) is 24.3 Å². The monoisotopic (exact) mass is 345 g/mol. The van der Waals surface area contributed by atoms with Crippen LogP contribution in [0.5, 0.6) is 0 Å². The second kappa shape index (κ2) is 7.83. The molecule has 1 aliphatic carbocycles. The van der Waals surface area contributed by atoms with Crippen LogP contribution in [0.2, 0.25) is 0 Å². The van der Waals surface area contributed by atoms with Gasteiger partial charge in [-0.3, -0.25) is 10.1 Å². The summed E-state index contributed by atoms with van der Waals surface area (Å²) in [6.07, 6.45) is 5.86. The summed E-state index contributed by atoms with van der Waals surface area (Å²) in [7, 11) is 0. The third-order valence-corrected chi connectivity index (χ3v) is 5.12. The largest absolute Gasteiger partial charge is 0.408 e. The van der Waals surface area contributed by atoms with Crippen LogP contribution in [0.4, 0.5) is 6.01 Å². The third-order valence-electron chi connectivity index (χ3n) is 4.10. The molecule has 3 rings (SSSR count). The van der Waals surface area contributed by atoms with E-state index in [0.717, 1.165) is 17.7 Å². The van der Waals surface area contributed by atoms with Crippen LogP contribution in [0.25, 0.3) is 0 Å². The smallest absolute Gasteiger partial charge is 0.322 e. The summed E-state index contributed by atoms with van der Waals surface area (Å²) in [5.74, 6) is 0.757. The molecule has 128 valence electrons. The Kier molecular flexibility index (Phi) is 5.56. The van der Waals surface area contributed by atoms with E-state index in [-0.39, 0.29) is 11.9 Å². The Morgan fingerprint density at radius 1 is 1.17 bits per heavy atom. The standard InChI is InChI=1S/C18H23N3O2S/c1-12(2)24-15-10-8-13(9-11-15)16(22)19-18-21-20-17(23-18)14-6-4-3-5-7-14/h8-12,14H,3-7H2,1-2H3,(H,19,21,22). The molecule has 0 atom stereocenters. The summed E-state index contributed by atoms with van der Waals surface area (Å²) in [5.41, 5.74) is 0.584. The molecule has 1 amide bonds. The van der Waals surface area contributed by atoms with Crippen LogP contribution in [-0.4, -0.2) is 21.4 Å². The van der Waals surface area contributed by atoms with Gasteiger partial charge in [0.2, 0.25) is 5.89 Å². The summed E-state index contributed by atoms with van der Waals surface area (Å²) in [4.78, 5) is 13.4. The van der Waals surface area contributed by atoms with Crippen molar-refractivity contribution in [1.82, 2.24) is 10.2 Å². The van der Waals surface area contributed by atoms with Gasteiger partial charge < -0.3 is 4.42 Å². The molecule has 0 bridgehead atoms. The fraction of sp³-hybridized carbons (Fsp3) is 0.500. The maximum absolute atomic E-state index is 12.3. The second-order valence-corrected chi connectivity index (χ2v) is 8.08. The van der Waals surface area contributed by atoms with E-state index in [1.165, 1.54) is 19.3 Å². The first-order valence-corrected chi connectivity index (χ1v) is 9.41. The molecule has 0 saturated heterocycles. The number of rotatable bonds is 5. The highest BCUT2D eigenvalue weighted by molar-refractivity contribution is 7.99. The molecule has 0 radical (unpaired) electrons. The van der Waals surface area contributed by atoms with Crippen LogP contribution < -0.4 is 5.32 Å². The third kappa shape index (κ3) is 4.38. The van der Waals surface area contributed by atoms with Crippen molar-refractivity contribution in [3.05, 3.63) is 35.7 Å². The molecule has 1 aromatic heterocycles. The van der Waals surface area contributed by atoms with E-state index < -0.39 is 0 Å². The van der Waals surface area contributed by atoms with Gasteiger partial charge in [-0.2, -0.15) is 0 Å². The lowest BCUT2D eigenvalue weighted by Gasteiger charge is -2.17. The Bertz CT molecular complexity index is 676. The Morgan fingerprint density at radius 3 is 2.54 bits per heavy atom. The zero-order valence-electron chi connectivity index (χ0n) is 14.1. The van der Waals surface area contributed by atoms with Gasteiger partial charge in [0.05, 0.1) is 0 Å². The van der Waals surface area contributed by atoms with Gasteiger partial charge in [0, 0.05) is 21.6 Å². The molecule has 0 aliphatic heterocycles. The van der Waals surface area contributed by atoms with Gasteiger partial charge in [0.25, 0.3) is 5.91 Å². The summed E-state index contributed by atoms with van der Waals surface area (Å²) >= 11 is 1.77. The van der Waals surface area contributed by atoms with Crippen molar-refractivity contribution in [2.75, 3.05) is 5.32 Å². The predicted molar refractivity (Wildman–Crippen MR) is 95.5 cm³/mol. The molecular weight excluding hydrogens is 322 g/mol. The van der Waals surface area contributed by atoms with Crippen molar-refractivity contribution < 1.29 is 9.21 Å². The van der Waals surface area contributed by atoms with Gasteiger partial charge in [0.15, 0.2) is 0 Å². The van der Waals surface area contributed by atoms with E-state index >= 15 is 0 Å². The van der Waals surface area contributed by atoms with E-state index in [4.69, 9.17) is 4.42 Å². The maximum atomic E-state index is 12.3. The lowest BCUT2D eigenvalue weighted by Crippen LogP contribution is -2.12. The number of amides is 1. The van der Waals surface area contributed by atoms with Crippen LogP contribution in [0.3, 0.4) is 0 Å². The Hall–Kier alpha value is -1.82. The fourth-order valence-corrected chi connectivity index (χ4v) is 3.76. The number of hydrogen-bond acceptors (Lipinski definition) is 5. The average Bonchev–Trinajstić information content (AvgIpc) is 3.04. The van der Waals surface area contributed by atoms with Gasteiger partial charge in [-0.05, 0) is 37.1 Å². The highest BCUT2D eigenvalue weighted by Gasteiger charge is 2.22. The molecule has 1 heterocycles.